The molecule has 0 aliphatic heterocycles. The lowest BCUT2D eigenvalue weighted by Crippen LogP contribution is -2.25. The van der Waals surface area contributed by atoms with Crippen LogP contribution in [0.4, 0.5) is 0 Å². The average Bonchev–Trinajstić information content (AvgIpc) is 2.14. The largest absolute Gasteiger partial charge is 0.396 e. The SMILES string of the molecule is C=CC[C@H](C)[C@@H](C[C@@H](C)CCO)S(=O)O. The number of aliphatic hydroxyl groups is 1. The van der Waals surface area contributed by atoms with Crippen LogP contribution in [0.1, 0.15) is 33.1 Å². The molecule has 0 aliphatic rings. The van der Waals surface area contributed by atoms with E-state index < -0.39 is 11.1 Å². The highest BCUT2D eigenvalue weighted by atomic mass is 32.2. The summed E-state index contributed by atoms with van der Waals surface area (Å²) in [4.78, 5) is 0. The van der Waals surface area contributed by atoms with Gasteiger partial charge in [-0.3, -0.25) is 0 Å². The highest BCUT2D eigenvalue weighted by molar-refractivity contribution is 7.79. The molecule has 90 valence electrons. The maximum Gasteiger partial charge on any atom is 0.156 e. The topological polar surface area (TPSA) is 57.5 Å². The van der Waals surface area contributed by atoms with Gasteiger partial charge in [0.05, 0.1) is 5.25 Å². The summed E-state index contributed by atoms with van der Waals surface area (Å²) in [7, 11) is 0. The van der Waals surface area contributed by atoms with E-state index in [0.717, 1.165) is 6.42 Å². The summed E-state index contributed by atoms with van der Waals surface area (Å²) >= 11 is -1.79. The van der Waals surface area contributed by atoms with Crippen LogP contribution in [0.5, 0.6) is 0 Å². The van der Waals surface area contributed by atoms with Crippen LogP contribution in [0.3, 0.4) is 0 Å². The lowest BCUT2D eigenvalue weighted by atomic mass is 9.93. The van der Waals surface area contributed by atoms with E-state index in [2.05, 4.69) is 6.58 Å². The summed E-state index contributed by atoms with van der Waals surface area (Å²) < 4.78 is 20.4. The molecule has 0 fully saturated rings. The van der Waals surface area contributed by atoms with Gasteiger partial charge < -0.3 is 9.66 Å². The van der Waals surface area contributed by atoms with Crippen molar-refractivity contribution in [3.63, 3.8) is 0 Å². The van der Waals surface area contributed by atoms with Crippen LogP contribution >= 0.6 is 0 Å². The second-order valence-electron chi connectivity index (χ2n) is 4.17. The number of hydrogen-bond acceptors (Lipinski definition) is 2. The molecule has 0 aromatic rings. The normalized spacial score (nSPS) is 19.2. The van der Waals surface area contributed by atoms with Gasteiger partial charge in [-0.1, -0.05) is 19.9 Å². The summed E-state index contributed by atoms with van der Waals surface area (Å²) in [5, 5.41) is 8.56. The van der Waals surface area contributed by atoms with Crippen molar-refractivity contribution in [1.29, 1.82) is 0 Å². The van der Waals surface area contributed by atoms with Crippen LogP contribution < -0.4 is 0 Å². The van der Waals surface area contributed by atoms with Crippen LogP contribution in [0.15, 0.2) is 12.7 Å². The van der Waals surface area contributed by atoms with Crippen molar-refractivity contribution in [1.82, 2.24) is 0 Å². The van der Waals surface area contributed by atoms with Gasteiger partial charge in [0.25, 0.3) is 0 Å². The van der Waals surface area contributed by atoms with Gasteiger partial charge in [-0.25, -0.2) is 4.21 Å². The van der Waals surface area contributed by atoms with Crippen molar-refractivity contribution >= 4 is 11.1 Å². The second-order valence-corrected chi connectivity index (χ2v) is 5.33. The van der Waals surface area contributed by atoms with Gasteiger partial charge in [0.2, 0.25) is 0 Å². The quantitative estimate of drug-likeness (QED) is 0.500. The first-order chi connectivity index (χ1) is 7.02. The summed E-state index contributed by atoms with van der Waals surface area (Å²) in [5.41, 5.74) is 0. The Morgan fingerprint density at radius 1 is 1.47 bits per heavy atom. The van der Waals surface area contributed by atoms with E-state index in [-0.39, 0.29) is 23.7 Å². The van der Waals surface area contributed by atoms with Crippen molar-refractivity contribution < 1.29 is 13.9 Å². The minimum atomic E-state index is -1.79. The van der Waals surface area contributed by atoms with Gasteiger partial charge in [-0.05, 0) is 31.1 Å². The highest BCUT2D eigenvalue weighted by Crippen LogP contribution is 2.22. The number of allylic oxidation sites excluding steroid dienone is 1. The molecule has 0 radical (unpaired) electrons. The first-order valence-electron chi connectivity index (χ1n) is 5.34. The molecule has 0 aromatic heterocycles. The predicted octanol–water partition coefficient (Wildman–Crippen LogP) is 2.20. The molecule has 0 saturated carbocycles. The monoisotopic (exact) mass is 234 g/mol. The molecular weight excluding hydrogens is 212 g/mol. The van der Waals surface area contributed by atoms with E-state index in [1.807, 2.05) is 13.8 Å². The predicted molar refractivity (Wildman–Crippen MR) is 64.0 cm³/mol. The molecule has 3 nitrogen and oxygen atoms in total. The van der Waals surface area contributed by atoms with Gasteiger partial charge in [-0.15, -0.1) is 6.58 Å². The third kappa shape index (κ3) is 6.07. The summed E-state index contributed by atoms with van der Waals surface area (Å²) in [5.74, 6) is 0.442. The van der Waals surface area contributed by atoms with Crippen molar-refractivity contribution in [2.75, 3.05) is 6.61 Å². The summed E-state index contributed by atoms with van der Waals surface area (Å²) in [6.07, 6.45) is 3.90. The van der Waals surface area contributed by atoms with Gasteiger partial charge in [0.15, 0.2) is 11.1 Å². The second kappa shape index (κ2) is 8.02. The first-order valence-corrected chi connectivity index (χ1v) is 6.51. The van der Waals surface area contributed by atoms with Gasteiger partial charge in [0, 0.05) is 6.61 Å². The fraction of sp³-hybridized carbons (Fsp3) is 0.818. The maximum atomic E-state index is 11.2. The fourth-order valence-electron chi connectivity index (χ4n) is 1.66. The summed E-state index contributed by atoms with van der Waals surface area (Å²) in [6, 6.07) is 0. The number of aliphatic hydroxyl groups excluding tert-OH is 1. The summed E-state index contributed by atoms with van der Waals surface area (Å²) in [6.45, 7) is 7.74. The Morgan fingerprint density at radius 2 is 2.07 bits per heavy atom. The molecule has 0 aromatic carbocycles. The zero-order chi connectivity index (χ0) is 11.8. The van der Waals surface area contributed by atoms with Crippen molar-refractivity contribution in [3.05, 3.63) is 12.7 Å². The minimum Gasteiger partial charge on any atom is -0.396 e. The molecule has 0 spiro atoms. The number of hydrogen-bond donors (Lipinski definition) is 2. The van der Waals surface area contributed by atoms with E-state index in [4.69, 9.17) is 5.11 Å². The third-order valence-corrected chi connectivity index (χ3v) is 3.86. The van der Waals surface area contributed by atoms with Crippen LogP contribution in [-0.2, 0) is 11.1 Å². The molecule has 15 heavy (non-hydrogen) atoms. The van der Waals surface area contributed by atoms with Crippen molar-refractivity contribution in [2.24, 2.45) is 11.8 Å². The zero-order valence-corrected chi connectivity index (χ0v) is 10.4. The van der Waals surface area contributed by atoms with Crippen LogP contribution in [0.2, 0.25) is 0 Å². The highest BCUT2D eigenvalue weighted by Gasteiger charge is 2.23. The lowest BCUT2D eigenvalue weighted by Gasteiger charge is -2.22. The maximum absolute atomic E-state index is 11.2. The molecule has 4 heteroatoms. The molecule has 2 N–H and O–H groups in total. The standard InChI is InChI=1S/C11H22O3S/c1-4-5-10(3)11(15(13)14)8-9(2)6-7-12/h4,9-12H,1,5-8H2,2-3H3,(H,13,14)/t9-,10-,11+/m0/s1. The molecule has 0 bridgehead atoms. The zero-order valence-electron chi connectivity index (χ0n) is 9.56. The smallest absolute Gasteiger partial charge is 0.156 e. The van der Waals surface area contributed by atoms with E-state index in [1.165, 1.54) is 0 Å². The minimum absolute atomic E-state index is 0.141. The Kier molecular flexibility index (Phi) is 7.92. The van der Waals surface area contributed by atoms with E-state index in [1.54, 1.807) is 6.08 Å². The fourth-order valence-corrected chi connectivity index (χ4v) is 2.66. The first kappa shape index (κ1) is 14.8. The average molecular weight is 234 g/mol. The van der Waals surface area contributed by atoms with Crippen LogP contribution in [0, 0.1) is 11.8 Å². The van der Waals surface area contributed by atoms with Crippen LogP contribution in [-0.4, -0.2) is 25.7 Å². The molecule has 0 saturated heterocycles. The van der Waals surface area contributed by atoms with E-state index in [0.29, 0.717) is 12.8 Å². The van der Waals surface area contributed by atoms with Gasteiger partial charge >= 0.3 is 0 Å². The molecular formula is C11H22O3S. The van der Waals surface area contributed by atoms with E-state index >= 15 is 0 Å². The Morgan fingerprint density at radius 3 is 2.47 bits per heavy atom. The molecule has 0 rings (SSSR count). The Balaban J connectivity index is 4.26. The third-order valence-electron chi connectivity index (χ3n) is 2.69. The molecule has 0 amide bonds. The molecule has 4 atom stereocenters. The Labute approximate surface area is 94.9 Å². The van der Waals surface area contributed by atoms with Gasteiger partial charge in [0.1, 0.15) is 0 Å². The molecule has 1 unspecified atom stereocenters. The Bertz CT molecular complexity index is 206. The Hall–Kier alpha value is -0.190. The van der Waals surface area contributed by atoms with Gasteiger partial charge in [-0.2, -0.15) is 0 Å². The van der Waals surface area contributed by atoms with E-state index in [9.17, 15) is 8.76 Å². The van der Waals surface area contributed by atoms with Crippen molar-refractivity contribution in [3.8, 4) is 0 Å². The number of rotatable bonds is 8. The lowest BCUT2D eigenvalue weighted by molar-refractivity contribution is 0.253. The van der Waals surface area contributed by atoms with Crippen LogP contribution in [0.25, 0.3) is 0 Å². The van der Waals surface area contributed by atoms with Crippen molar-refractivity contribution in [2.45, 2.75) is 38.4 Å². The molecule has 0 aliphatic carbocycles. The molecule has 0 heterocycles.